The average molecular weight is 254 g/mol. The lowest BCUT2D eigenvalue weighted by molar-refractivity contribution is 0.451. The number of phenolic OH excluding ortho intramolecular Hbond substituents is 2. The van der Waals surface area contributed by atoms with Crippen LogP contribution in [0.1, 0.15) is 11.1 Å². The molecular formula is C15H14N2O2. The fourth-order valence-electron chi connectivity index (χ4n) is 2.32. The minimum Gasteiger partial charge on any atom is -0.508 e. The number of hydrogen-bond donors (Lipinski definition) is 3. The summed E-state index contributed by atoms with van der Waals surface area (Å²) in [4.78, 5) is 7.72. The summed E-state index contributed by atoms with van der Waals surface area (Å²) in [7, 11) is 0. The van der Waals surface area contributed by atoms with Gasteiger partial charge in [-0.15, -0.1) is 0 Å². The molecule has 4 nitrogen and oxygen atoms in total. The summed E-state index contributed by atoms with van der Waals surface area (Å²) in [5, 5.41) is 19.2. The molecule has 96 valence electrons. The summed E-state index contributed by atoms with van der Waals surface area (Å²) >= 11 is 0. The quantitative estimate of drug-likeness (QED) is 0.624. The first-order valence-electron chi connectivity index (χ1n) is 6.04. The maximum atomic E-state index is 9.87. The number of aromatic nitrogens is 2. The Balaban J connectivity index is 2.23. The molecule has 1 aromatic heterocycles. The van der Waals surface area contributed by atoms with Crippen molar-refractivity contribution < 1.29 is 10.2 Å². The van der Waals surface area contributed by atoms with Gasteiger partial charge in [-0.2, -0.15) is 0 Å². The van der Waals surface area contributed by atoms with Gasteiger partial charge in [0.05, 0.1) is 16.6 Å². The third-order valence-corrected chi connectivity index (χ3v) is 3.16. The van der Waals surface area contributed by atoms with E-state index in [1.807, 2.05) is 19.9 Å². The molecule has 0 amide bonds. The molecule has 3 rings (SSSR count). The second kappa shape index (κ2) is 4.02. The standard InChI is InChI=1S/C15H14N2O2/c1-8-5-9(2)14-12(6-8)16-15(17-14)11-4-3-10(18)7-13(11)19/h3-7,18-19H,1-2H3,(H,16,17). The molecule has 3 aromatic rings. The predicted molar refractivity (Wildman–Crippen MR) is 74.3 cm³/mol. The summed E-state index contributed by atoms with van der Waals surface area (Å²) in [5.41, 5.74) is 4.67. The fourth-order valence-corrected chi connectivity index (χ4v) is 2.32. The second-order valence-electron chi connectivity index (χ2n) is 4.76. The lowest BCUT2D eigenvalue weighted by Crippen LogP contribution is -1.81. The van der Waals surface area contributed by atoms with Crippen LogP contribution in [0, 0.1) is 13.8 Å². The van der Waals surface area contributed by atoms with Crippen molar-refractivity contribution in [2.75, 3.05) is 0 Å². The number of fused-ring (bicyclic) bond motifs is 1. The average Bonchev–Trinajstić information content (AvgIpc) is 2.72. The van der Waals surface area contributed by atoms with Crippen molar-refractivity contribution in [3.05, 3.63) is 41.5 Å². The Morgan fingerprint density at radius 1 is 1.05 bits per heavy atom. The number of aryl methyl sites for hydroxylation is 2. The zero-order valence-electron chi connectivity index (χ0n) is 10.7. The van der Waals surface area contributed by atoms with Crippen molar-refractivity contribution in [1.29, 1.82) is 0 Å². The number of imidazole rings is 1. The highest BCUT2D eigenvalue weighted by atomic mass is 16.3. The predicted octanol–water partition coefficient (Wildman–Crippen LogP) is 3.26. The van der Waals surface area contributed by atoms with Crippen molar-refractivity contribution in [2.24, 2.45) is 0 Å². The highest BCUT2D eigenvalue weighted by molar-refractivity contribution is 5.84. The van der Waals surface area contributed by atoms with Gasteiger partial charge in [-0.05, 0) is 43.2 Å². The first-order valence-corrected chi connectivity index (χ1v) is 6.04. The Bertz CT molecular complexity index is 775. The molecule has 0 aliphatic rings. The number of aromatic hydroxyl groups is 2. The number of benzene rings is 2. The van der Waals surface area contributed by atoms with Crippen molar-refractivity contribution in [2.45, 2.75) is 13.8 Å². The molecule has 3 N–H and O–H groups in total. The third kappa shape index (κ3) is 1.91. The molecule has 0 radical (unpaired) electrons. The fraction of sp³-hybridized carbons (Fsp3) is 0.133. The normalized spacial score (nSPS) is 11.1. The zero-order chi connectivity index (χ0) is 13.6. The van der Waals surface area contributed by atoms with E-state index in [2.05, 4.69) is 16.0 Å². The van der Waals surface area contributed by atoms with Gasteiger partial charge in [-0.25, -0.2) is 4.98 Å². The Morgan fingerprint density at radius 3 is 2.58 bits per heavy atom. The van der Waals surface area contributed by atoms with E-state index < -0.39 is 0 Å². The Hall–Kier alpha value is -2.49. The van der Waals surface area contributed by atoms with Gasteiger partial charge in [0.1, 0.15) is 17.3 Å². The lowest BCUT2D eigenvalue weighted by Gasteiger charge is -2.01. The van der Waals surface area contributed by atoms with Crippen LogP contribution in [0.3, 0.4) is 0 Å². The molecule has 4 heteroatoms. The summed E-state index contributed by atoms with van der Waals surface area (Å²) in [6.45, 7) is 4.04. The number of nitrogens with one attached hydrogen (secondary N) is 1. The Labute approximate surface area is 110 Å². The smallest absolute Gasteiger partial charge is 0.142 e. The van der Waals surface area contributed by atoms with Crippen LogP contribution in [0.5, 0.6) is 11.5 Å². The highest BCUT2D eigenvalue weighted by Crippen LogP contribution is 2.32. The Kier molecular flexibility index (Phi) is 2.45. The van der Waals surface area contributed by atoms with Crippen LogP contribution in [-0.2, 0) is 0 Å². The molecule has 19 heavy (non-hydrogen) atoms. The molecule has 0 unspecified atom stereocenters. The molecule has 0 fully saturated rings. The van der Waals surface area contributed by atoms with Gasteiger partial charge in [-0.1, -0.05) is 6.07 Å². The van der Waals surface area contributed by atoms with Crippen LogP contribution < -0.4 is 0 Å². The number of rotatable bonds is 1. The summed E-state index contributed by atoms with van der Waals surface area (Å²) in [6.07, 6.45) is 0. The number of H-pyrrole nitrogens is 1. The molecule has 0 aliphatic carbocycles. The number of nitrogens with zero attached hydrogens (tertiary/aromatic N) is 1. The second-order valence-corrected chi connectivity index (χ2v) is 4.76. The van der Waals surface area contributed by atoms with Crippen LogP contribution in [0.2, 0.25) is 0 Å². The summed E-state index contributed by atoms with van der Waals surface area (Å²) < 4.78 is 0. The molecule has 0 bridgehead atoms. The van der Waals surface area contributed by atoms with Crippen molar-refractivity contribution in [3.63, 3.8) is 0 Å². The van der Waals surface area contributed by atoms with Gasteiger partial charge >= 0.3 is 0 Å². The molecule has 0 aliphatic heterocycles. The van der Waals surface area contributed by atoms with E-state index in [-0.39, 0.29) is 11.5 Å². The third-order valence-electron chi connectivity index (χ3n) is 3.16. The van der Waals surface area contributed by atoms with Gasteiger partial charge in [0.25, 0.3) is 0 Å². The van der Waals surface area contributed by atoms with Gasteiger partial charge in [0.2, 0.25) is 0 Å². The number of phenols is 2. The molecule has 2 aromatic carbocycles. The van der Waals surface area contributed by atoms with E-state index >= 15 is 0 Å². The van der Waals surface area contributed by atoms with Crippen LogP contribution >= 0.6 is 0 Å². The molecule has 1 heterocycles. The largest absolute Gasteiger partial charge is 0.508 e. The highest BCUT2D eigenvalue weighted by Gasteiger charge is 2.11. The maximum absolute atomic E-state index is 9.87. The lowest BCUT2D eigenvalue weighted by atomic mass is 10.1. The molecule has 0 saturated carbocycles. The van der Waals surface area contributed by atoms with E-state index in [0.29, 0.717) is 11.4 Å². The van der Waals surface area contributed by atoms with E-state index in [1.54, 1.807) is 6.07 Å². The Morgan fingerprint density at radius 2 is 1.84 bits per heavy atom. The van der Waals surface area contributed by atoms with E-state index in [9.17, 15) is 10.2 Å². The van der Waals surface area contributed by atoms with Crippen LogP contribution in [-0.4, -0.2) is 20.2 Å². The minimum atomic E-state index is 0.00781. The topological polar surface area (TPSA) is 69.1 Å². The number of aromatic amines is 1. The zero-order valence-corrected chi connectivity index (χ0v) is 10.7. The van der Waals surface area contributed by atoms with E-state index in [4.69, 9.17) is 0 Å². The summed E-state index contributed by atoms with van der Waals surface area (Å²) in [5.74, 6) is 0.638. The molecule has 0 atom stereocenters. The van der Waals surface area contributed by atoms with Crippen molar-refractivity contribution >= 4 is 11.0 Å². The number of hydrogen-bond acceptors (Lipinski definition) is 3. The first-order chi connectivity index (χ1) is 9.04. The van der Waals surface area contributed by atoms with Crippen LogP contribution in [0.25, 0.3) is 22.4 Å². The van der Waals surface area contributed by atoms with Crippen molar-refractivity contribution in [1.82, 2.24) is 9.97 Å². The maximum Gasteiger partial charge on any atom is 0.142 e. The van der Waals surface area contributed by atoms with Gasteiger partial charge in [-0.3, -0.25) is 0 Å². The monoisotopic (exact) mass is 254 g/mol. The van der Waals surface area contributed by atoms with Crippen LogP contribution in [0.4, 0.5) is 0 Å². The van der Waals surface area contributed by atoms with Gasteiger partial charge < -0.3 is 15.2 Å². The molecule has 0 spiro atoms. The molecular weight excluding hydrogens is 240 g/mol. The van der Waals surface area contributed by atoms with Crippen LogP contribution in [0.15, 0.2) is 30.3 Å². The molecule has 0 saturated heterocycles. The SMILES string of the molecule is Cc1cc(C)c2nc(-c3ccc(O)cc3O)[nH]c2c1. The van der Waals surface area contributed by atoms with Gasteiger partial charge in [0.15, 0.2) is 0 Å². The van der Waals surface area contributed by atoms with E-state index in [0.717, 1.165) is 22.2 Å². The van der Waals surface area contributed by atoms with Crippen molar-refractivity contribution in [3.8, 4) is 22.9 Å². The minimum absolute atomic E-state index is 0.00781. The summed E-state index contributed by atoms with van der Waals surface area (Å²) in [6, 6.07) is 8.57. The van der Waals surface area contributed by atoms with E-state index in [1.165, 1.54) is 12.1 Å². The first kappa shape index (κ1) is 11.6. The van der Waals surface area contributed by atoms with Gasteiger partial charge in [0, 0.05) is 6.07 Å².